The van der Waals surface area contributed by atoms with E-state index in [1.54, 1.807) is 6.26 Å². The molecule has 15 heavy (non-hydrogen) atoms. The lowest BCUT2D eigenvalue weighted by Crippen LogP contribution is -2.31. The molecule has 2 heterocycles. The molecular weight excluding hydrogens is 190 g/mol. The quantitative estimate of drug-likeness (QED) is 0.826. The van der Waals surface area contributed by atoms with E-state index in [1.807, 2.05) is 6.07 Å². The van der Waals surface area contributed by atoms with Gasteiger partial charge in [0.1, 0.15) is 5.76 Å². The highest BCUT2D eigenvalue weighted by Gasteiger charge is 2.26. The minimum Gasteiger partial charge on any atom is -0.468 e. The molecule has 0 aromatic carbocycles. The standard InChI is InChI=1S/C12H19NO2/c1-2-13-12(11-4-3-7-15-11)10-5-8-14-9-6-10/h3-4,7,10,12-13H,2,5-6,8-9H2,1H3. The first kappa shape index (κ1) is 10.7. The summed E-state index contributed by atoms with van der Waals surface area (Å²) in [4.78, 5) is 0. The first-order valence-electron chi connectivity index (χ1n) is 5.76. The van der Waals surface area contributed by atoms with E-state index in [1.165, 1.54) is 0 Å². The van der Waals surface area contributed by atoms with Gasteiger partial charge in [-0.3, -0.25) is 0 Å². The number of nitrogens with one attached hydrogen (secondary N) is 1. The highest BCUT2D eigenvalue weighted by Crippen LogP contribution is 2.30. The lowest BCUT2D eigenvalue weighted by molar-refractivity contribution is 0.0509. The van der Waals surface area contributed by atoms with Gasteiger partial charge in [0.25, 0.3) is 0 Å². The molecule has 0 saturated carbocycles. The molecule has 0 amide bonds. The Kier molecular flexibility index (Phi) is 3.80. The average molecular weight is 209 g/mol. The van der Waals surface area contributed by atoms with E-state index in [-0.39, 0.29) is 0 Å². The summed E-state index contributed by atoms with van der Waals surface area (Å²) >= 11 is 0. The zero-order valence-electron chi connectivity index (χ0n) is 9.24. The summed E-state index contributed by atoms with van der Waals surface area (Å²) in [6.07, 6.45) is 4.00. The van der Waals surface area contributed by atoms with Crippen LogP contribution >= 0.6 is 0 Å². The highest BCUT2D eigenvalue weighted by atomic mass is 16.5. The van der Waals surface area contributed by atoms with Crippen LogP contribution in [0.2, 0.25) is 0 Å². The fraction of sp³-hybridized carbons (Fsp3) is 0.667. The first-order chi connectivity index (χ1) is 7.42. The largest absolute Gasteiger partial charge is 0.468 e. The molecule has 1 aliphatic rings. The Hall–Kier alpha value is -0.800. The first-order valence-corrected chi connectivity index (χ1v) is 5.76. The summed E-state index contributed by atoms with van der Waals surface area (Å²) in [6.45, 7) is 4.87. The van der Waals surface area contributed by atoms with Crippen molar-refractivity contribution in [2.24, 2.45) is 5.92 Å². The van der Waals surface area contributed by atoms with Crippen molar-refractivity contribution in [1.29, 1.82) is 0 Å². The van der Waals surface area contributed by atoms with Crippen molar-refractivity contribution in [3.05, 3.63) is 24.2 Å². The maximum Gasteiger partial charge on any atom is 0.120 e. The number of ether oxygens (including phenoxy) is 1. The summed E-state index contributed by atoms with van der Waals surface area (Å²) in [6, 6.07) is 4.37. The lowest BCUT2D eigenvalue weighted by atomic mass is 9.90. The van der Waals surface area contributed by atoms with Crippen LogP contribution in [-0.4, -0.2) is 19.8 Å². The molecule has 1 atom stereocenters. The molecular formula is C12H19NO2. The van der Waals surface area contributed by atoms with Crippen LogP contribution in [0.1, 0.15) is 31.6 Å². The Bertz CT molecular complexity index is 265. The van der Waals surface area contributed by atoms with Gasteiger partial charge in [-0.2, -0.15) is 0 Å². The van der Waals surface area contributed by atoms with Crippen LogP contribution in [0.5, 0.6) is 0 Å². The molecule has 1 aliphatic heterocycles. The Morgan fingerprint density at radius 2 is 2.27 bits per heavy atom. The Labute approximate surface area is 90.8 Å². The van der Waals surface area contributed by atoms with Crippen LogP contribution in [0.4, 0.5) is 0 Å². The maximum absolute atomic E-state index is 5.50. The Morgan fingerprint density at radius 1 is 1.47 bits per heavy atom. The molecule has 0 spiro atoms. The molecule has 84 valence electrons. The third kappa shape index (κ3) is 2.61. The summed E-state index contributed by atoms with van der Waals surface area (Å²) in [5.41, 5.74) is 0. The monoisotopic (exact) mass is 209 g/mol. The van der Waals surface area contributed by atoms with Crippen LogP contribution in [0.15, 0.2) is 22.8 Å². The molecule has 1 fully saturated rings. The van der Waals surface area contributed by atoms with Crippen LogP contribution in [0, 0.1) is 5.92 Å². The van der Waals surface area contributed by atoms with Crippen LogP contribution < -0.4 is 5.32 Å². The van der Waals surface area contributed by atoms with E-state index in [2.05, 4.69) is 18.3 Å². The normalized spacial score (nSPS) is 20.3. The highest BCUT2D eigenvalue weighted by molar-refractivity contribution is 5.06. The van der Waals surface area contributed by atoms with Gasteiger partial charge in [0, 0.05) is 13.2 Å². The molecule has 0 radical (unpaired) electrons. The van der Waals surface area contributed by atoms with Gasteiger partial charge < -0.3 is 14.5 Å². The third-order valence-corrected chi connectivity index (χ3v) is 3.01. The molecule has 3 nitrogen and oxygen atoms in total. The van der Waals surface area contributed by atoms with Gasteiger partial charge in [0.2, 0.25) is 0 Å². The number of hydrogen-bond acceptors (Lipinski definition) is 3. The van der Waals surface area contributed by atoms with Gasteiger partial charge in [-0.25, -0.2) is 0 Å². The predicted octanol–water partition coefficient (Wildman–Crippen LogP) is 2.36. The SMILES string of the molecule is CCNC(c1ccco1)C1CCOCC1. The van der Waals surface area contributed by atoms with E-state index in [0.29, 0.717) is 12.0 Å². The minimum absolute atomic E-state index is 0.355. The fourth-order valence-electron chi connectivity index (χ4n) is 2.24. The van der Waals surface area contributed by atoms with Gasteiger partial charge in [-0.1, -0.05) is 6.92 Å². The van der Waals surface area contributed by atoms with E-state index >= 15 is 0 Å². The van der Waals surface area contributed by atoms with Crippen molar-refractivity contribution in [2.75, 3.05) is 19.8 Å². The molecule has 1 aromatic rings. The molecule has 1 aromatic heterocycles. The number of hydrogen-bond donors (Lipinski definition) is 1. The molecule has 1 unspecified atom stereocenters. The van der Waals surface area contributed by atoms with Crippen molar-refractivity contribution in [1.82, 2.24) is 5.32 Å². The third-order valence-electron chi connectivity index (χ3n) is 3.01. The Balaban J connectivity index is 2.04. The van der Waals surface area contributed by atoms with Crippen LogP contribution in [0.25, 0.3) is 0 Å². The summed E-state index contributed by atoms with van der Waals surface area (Å²) < 4.78 is 10.9. The van der Waals surface area contributed by atoms with Crippen molar-refractivity contribution >= 4 is 0 Å². The van der Waals surface area contributed by atoms with Gasteiger partial charge in [0.15, 0.2) is 0 Å². The maximum atomic E-state index is 5.50. The predicted molar refractivity (Wildman–Crippen MR) is 58.7 cm³/mol. The summed E-state index contributed by atoms with van der Waals surface area (Å²) in [5, 5.41) is 3.51. The van der Waals surface area contributed by atoms with E-state index < -0.39 is 0 Å². The molecule has 0 aliphatic carbocycles. The van der Waals surface area contributed by atoms with Gasteiger partial charge in [-0.05, 0) is 37.4 Å². The minimum atomic E-state index is 0.355. The van der Waals surface area contributed by atoms with E-state index in [0.717, 1.165) is 38.4 Å². The molecule has 1 N–H and O–H groups in total. The number of furan rings is 1. The molecule has 1 saturated heterocycles. The lowest BCUT2D eigenvalue weighted by Gasteiger charge is -2.29. The van der Waals surface area contributed by atoms with Crippen molar-refractivity contribution < 1.29 is 9.15 Å². The Morgan fingerprint density at radius 3 is 2.87 bits per heavy atom. The van der Waals surface area contributed by atoms with Crippen molar-refractivity contribution in [3.8, 4) is 0 Å². The van der Waals surface area contributed by atoms with Gasteiger partial charge in [-0.15, -0.1) is 0 Å². The van der Waals surface area contributed by atoms with Gasteiger partial charge in [0.05, 0.1) is 12.3 Å². The fourth-order valence-corrected chi connectivity index (χ4v) is 2.24. The van der Waals surface area contributed by atoms with Crippen molar-refractivity contribution in [2.45, 2.75) is 25.8 Å². The summed E-state index contributed by atoms with van der Waals surface area (Å²) in [7, 11) is 0. The van der Waals surface area contributed by atoms with E-state index in [9.17, 15) is 0 Å². The van der Waals surface area contributed by atoms with Crippen LogP contribution in [-0.2, 0) is 4.74 Å². The molecule has 3 heteroatoms. The molecule has 2 rings (SSSR count). The second-order valence-electron chi connectivity index (χ2n) is 4.00. The zero-order chi connectivity index (χ0) is 10.5. The summed E-state index contributed by atoms with van der Waals surface area (Å²) in [5.74, 6) is 1.70. The smallest absolute Gasteiger partial charge is 0.120 e. The van der Waals surface area contributed by atoms with Crippen molar-refractivity contribution in [3.63, 3.8) is 0 Å². The van der Waals surface area contributed by atoms with Crippen LogP contribution in [0.3, 0.4) is 0 Å². The van der Waals surface area contributed by atoms with E-state index in [4.69, 9.17) is 9.15 Å². The average Bonchev–Trinajstić information content (AvgIpc) is 2.80. The second kappa shape index (κ2) is 5.33. The topological polar surface area (TPSA) is 34.4 Å². The zero-order valence-corrected chi connectivity index (χ0v) is 9.24. The number of rotatable bonds is 4. The van der Waals surface area contributed by atoms with Gasteiger partial charge >= 0.3 is 0 Å². The molecule has 0 bridgehead atoms. The second-order valence-corrected chi connectivity index (χ2v) is 4.00.